The summed E-state index contributed by atoms with van der Waals surface area (Å²) in [4.78, 5) is 14.3. The Labute approximate surface area is 124 Å². The fraction of sp³-hybridized carbons (Fsp3) is 0.500. The predicted molar refractivity (Wildman–Crippen MR) is 80.5 cm³/mol. The third-order valence-electron chi connectivity index (χ3n) is 3.46. The number of ether oxygens (including phenoxy) is 1. The van der Waals surface area contributed by atoms with E-state index >= 15 is 0 Å². The summed E-state index contributed by atoms with van der Waals surface area (Å²) in [5, 5.41) is 6.64. The second kappa shape index (κ2) is 6.92. The standard InChI is InChI=1S/C14H20ClN3O2/c1-3-18(11-7-16-8-11)9-14(19)17-12-6-10(15)4-5-13(12)20-2/h4-6,11,16H,3,7-9H2,1-2H3,(H,17,19). The van der Waals surface area contributed by atoms with Gasteiger partial charge in [0.15, 0.2) is 0 Å². The quantitative estimate of drug-likeness (QED) is 0.837. The average Bonchev–Trinajstić information content (AvgIpc) is 2.36. The lowest BCUT2D eigenvalue weighted by Gasteiger charge is -2.37. The number of hydrogen-bond acceptors (Lipinski definition) is 4. The Kier molecular flexibility index (Phi) is 5.23. The molecule has 1 aliphatic heterocycles. The zero-order chi connectivity index (χ0) is 14.5. The molecule has 2 N–H and O–H groups in total. The molecule has 1 aromatic carbocycles. The summed E-state index contributed by atoms with van der Waals surface area (Å²) in [7, 11) is 1.57. The van der Waals surface area contributed by atoms with E-state index in [-0.39, 0.29) is 5.91 Å². The van der Waals surface area contributed by atoms with E-state index in [1.165, 1.54) is 0 Å². The maximum Gasteiger partial charge on any atom is 0.238 e. The van der Waals surface area contributed by atoms with Crippen LogP contribution in [-0.2, 0) is 4.79 Å². The van der Waals surface area contributed by atoms with Gasteiger partial charge >= 0.3 is 0 Å². The lowest BCUT2D eigenvalue weighted by Crippen LogP contribution is -2.58. The highest BCUT2D eigenvalue weighted by atomic mass is 35.5. The van der Waals surface area contributed by atoms with Crippen molar-refractivity contribution in [3.63, 3.8) is 0 Å². The fourth-order valence-electron chi connectivity index (χ4n) is 2.18. The van der Waals surface area contributed by atoms with Gasteiger partial charge in [0.05, 0.1) is 19.3 Å². The van der Waals surface area contributed by atoms with E-state index in [4.69, 9.17) is 16.3 Å². The Bertz CT molecular complexity index is 477. The molecule has 0 radical (unpaired) electrons. The molecule has 1 fully saturated rings. The maximum absolute atomic E-state index is 12.1. The van der Waals surface area contributed by atoms with Crippen LogP contribution >= 0.6 is 11.6 Å². The summed E-state index contributed by atoms with van der Waals surface area (Å²) in [6, 6.07) is 5.62. The molecular formula is C14H20ClN3O2. The smallest absolute Gasteiger partial charge is 0.238 e. The van der Waals surface area contributed by atoms with Crippen molar-refractivity contribution in [2.75, 3.05) is 38.6 Å². The van der Waals surface area contributed by atoms with Crippen molar-refractivity contribution < 1.29 is 9.53 Å². The minimum absolute atomic E-state index is 0.0562. The monoisotopic (exact) mass is 297 g/mol. The van der Waals surface area contributed by atoms with E-state index in [0.717, 1.165) is 19.6 Å². The zero-order valence-electron chi connectivity index (χ0n) is 11.8. The molecule has 0 unspecified atom stereocenters. The molecule has 110 valence electrons. The largest absolute Gasteiger partial charge is 0.495 e. The number of rotatable bonds is 6. The van der Waals surface area contributed by atoms with Gasteiger partial charge in [-0.1, -0.05) is 18.5 Å². The van der Waals surface area contributed by atoms with Gasteiger partial charge in [-0.2, -0.15) is 0 Å². The third kappa shape index (κ3) is 3.62. The molecule has 0 saturated carbocycles. The Morgan fingerprint density at radius 3 is 2.85 bits per heavy atom. The highest BCUT2D eigenvalue weighted by Gasteiger charge is 2.25. The Morgan fingerprint density at radius 2 is 2.30 bits per heavy atom. The molecule has 0 aromatic heterocycles. The molecule has 20 heavy (non-hydrogen) atoms. The molecule has 1 aromatic rings. The maximum atomic E-state index is 12.1. The minimum atomic E-state index is -0.0562. The molecule has 6 heteroatoms. The van der Waals surface area contributed by atoms with Gasteiger partial charge in [-0.05, 0) is 24.7 Å². The highest BCUT2D eigenvalue weighted by Crippen LogP contribution is 2.27. The number of nitrogens with zero attached hydrogens (tertiary/aromatic N) is 1. The van der Waals surface area contributed by atoms with E-state index in [9.17, 15) is 4.79 Å². The molecule has 0 bridgehead atoms. The van der Waals surface area contributed by atoms with E-state index in [0.29, 0.717) is 29.0 Å². The van der Waals surface area contributed by atoms with E-state index < -0.39 is 0 Å². The van der Waals surface area contributed by atoms with Crippen molar-refractivity contribution in [2.24, 2.45) is 0 Å². The van der Waals surface area contributed by atoms with Crippen LogP contribution in [0.5, 0.6) is 5.75 Å². The summed E-state index contributed by atoms with van der Waals surface area (Å²) in [5.74, 6) is 0.551. The first-order valence-corrected chi connectivity index (χ1v) is 7.10. The van der Waals surface area contributed by atoms with Crippen LogP contribution < -0.4 is 15.4 Å². The Hall–Kier alpha value is -1.30. The van der Waals surface area contributed by atoms with Crippen LogP contribution in [-0.4, -0.2) is 50.1 Å². The lowest BCUT2D eigenvalue weighted by atomic mass is 10.1. The van der Waals surface area contributed by atoms with Gasteiger partial charge in [0.2, 0.25) is 5.91 Å². The topological polar surface area (TPSA) is 53.6 Å². The van der Waals surface area contributed by atoms with Gasteiger partial charge in [-0.25, -0.2) is 0 Å². The van der Waals surface area contributed by atoms with Crippen molar-refractivity contribution >= 4 is 23.2 Å². The molecule has 2 rings (SSSR count). The number of hydrogen-bond donors (Lipinski definition) is 2. The van der Waals surface area contributed by atoms with Gasteiger partial charge in [0, 0.05) is 24.2 Å². The number of methoxy groups -OCH3 is 1. The van der Waals surface area contributed by atoms with E-state index in [1.54, 1.807) is 25.3 Å². The second-order valence-corrected chi connectivity index (χ2v) is 5.20. The number of nitrogens with one attached hydrogen (secondary N) is 2. The molecule has 0 atom stereocenters. The van der Waals surface area contributed by atoms with Gasteiger partial charge in [-0.15, -0.1) is 0 Å². The molecule has 0 aliphatic carbocycles. The lowest BCUT2D eigenvalue weighted by molar-refractivity contribution is -0.118. The Balaban J connectivity index is 1.98. The Morgan fingerprint density at radius 1 is 1.55 bits per heavy atom. The minimum Gasteiger partial charge on any atom is -0.495 e. The first-order valence-electron chi connectivity index (χ1n) is 6.72. The molecular weight excluding hydrogens is 278 g/mol. The van der Waals surface area contributed by atoms with Gasteiger partial charge in [0.1, 0.15) is 5.75 Å². The summed E-state index contributed by atoms with van der Waals surface area (Å²) < 4.78 is 5.22. The number of anilines is 1. The highest BCUT2D eigenvalue weighted by molar-refractivity contribution is 6.31. The predicted octanol–water partition coefficient (Wildman–Crippen LogP) is 1.58. The van der Waals surface area contributed by atoms with Crippen molar-refractivity contribution in [3.05, 3.63) is 23.2 Å². The molecule has 1 amide bonds. The number of halogens is 1. The first-order chi connectivity index (χ1) is 9.63. The van der Waals surface area contributed by atoms with Gasteiger partial charge < -0.3 is 15.4 Å². The number of carbonyl (C=O) groups is 1. The summed E-state index contributed by atoms with van der Waals surface area (Å²) in [5.41, 5.74) is 0.604. The van der Waals surface area contributed by atoms with Gasteiger partial charge in [-0.3, -0.25) is 9.69 Å². The van der Waals surface area contributed by atoms with Crippen LogP contribution in [0.25, 0.3) is 0 Å². The zero-order valence-corrected chi connectivity index (χ0v) is 12.5. The summed E-state index contributed by atoms with van der Waals surface area (Å²) in [6.07, 6.45) is 0. The molecule has 1 aliphatic rings. The molecule has 5 nitrogen and oxygen atoms in total. The van der Waals surface area contributed by atoms with E-state index in [1.807, 2.05) is 0 Å². The van der Waals surface area contributed by atoms with Crippen LogP contribution in [0.1, 0.15) is 6.92 Å². The molecule has 1 heterocycles. The number of likely N-dealkylation sites (N-methyl/N-ethyl adjacent to an activating group) is 1. The van der Waals surface area contributed by atoms with Crippen molar-refractivity contribution in [3.8, 4) is 5.75 Å². The number of benzene rings is 1. The third-order valence-corrected chi connectivity index (χ3v) is 3.70. The van der Waals surface area contributed by atoms with Crippen LogP contribution in [0, 0.1) is 0 Å². The van der Waals surface area contributed by atoms with Crippen molar-refractivity contribution in [2.45, 2.75) is 13.0 Å². The molecule has 0 spiro atoms. The first kappa shape index (κ1) is 15.1. The average molecular weight is 298 g/mol. The summed E-state index contributed by atoms with van der Waals surface area (Å²) >= 11 is 5.95. The SMILES string of the molecule is CCN(CC(=O)Nc1cc(Cl)ccc1OC)C1CNC1. The van der Waals surface area contributed by atoms with Gasteiger partial charge in [0.25, 0.3) is 0 Å². The van der Waals surface area contributed by atoms with Crippen LogP contribution in [0.4, 0.5) is 5.69 Å². The second-order valence-electron chi connectivity index (χ2n) is 4.77. The van der Waals surface area contributed by atoms with Crippen molar-refractivity contribution in [1.82, 2.24) is 10.2 Å². The van der Waals surface area contributed by atoms with E-state index in [2.05, 4.69) is 22.5 Å². The van der Waals surface area contributed by atoms with Crippen LogP contribution in [0.3, 0.4) is 0 Å². The normalized spacial score (nSPS) is 15.0. The number of carbonyl (C=O) groups excluding carboxylic acids is 1. The van der Waals surface area contributed by atoms with Crippen LogP contribution in [0.2, 0.25) is 5.02 Å². The summed E-state index contributed by atoms with van der Waals surface area (Å²) in [6.45, 7) is 5.18. The van der Waals surface area contributed by atoms with Crippen molar-refractivity contribution in [1.29, 1.82) is 0 Å². The molecule has 1 saturated heterocycles. The van der Waals surface area contributed by atoms with Crippen LogP contribution in [0.15, 0.2) is 18.2 Å². The number of amides is 1. The fourth-order valence-corrected chi connectivity index (χ4v) is 2.35.